The van der Waals surface area contributed by atoms with Gasteiger partial charge in [-0.3, -0.25) is 15.2 Å². The van der Waals surface area contributed by atoms with Gasteiger partial charge in [0.2, 0.25) is 6.54 Å². The summed E-state index contributed by atoms with van der Waals surface area (Å²) in [6.45, 7) is 3.64. The molecule has 1 aromatic carbocycles. The monoisotopic (exact) mass is 245 g/mol. The summed E-state index contributed by atoms with van der Waals surface area (Å²) >= 11 is 0. The second kappa shape index (κ2) is 5.00. The van der Waals surface area contributed by atoms with E-state index in [2.05, 4.69) is 10.2 Å². The van der Waals surface area contributed by atoms with Crippen LogP contribution in [-0.2, 0) is 0 Å². The zero-order valence-corrected chi connectivity index (χ0v) is 10.4. The molecular formula is C13H15N3O2. The smallest absolute Gasteiger partial charge is 0.214 e. The molecule has 0 aliphatic rings. The molecule has 0 fully saturated rings. The minimum Gasteiger partial charge on any atom is -0.282 e. The lowest BCUT2D eigenvalue weighted by molar-refractivity contribution is -0.481. The number of nitro groups is 1. The molecule has 0 aliphatic carbocycles. The Morgan fingerprint density at radius 3 is 2.50 bits per heavy atom. The largest absolute Gasteiger partial charge is 0.282 e. The van der Waals surface area contributed by atoms with Crippen LogP contribution in [0.25, 0.3) is 0 Å². The summed E-state index contributed by atoms with van der Waals surface area (Å²) in [6.07, 6.45) is 0. The average molecular weight is 245 g/mol. The van der Waals surface area contributed by atoms with E-state index in [9.17, 15) is 10.1 Å². The molecule has 1 N–H and O–H groups in total. The lowest BCUT2D eigenvalue weighted by Gasteiger charge is -2.13. The Balaban J connectivity index is 2.47. The fourth-order valence-corrected chi connectivity index (χ4v) is 2.27. The van der Waals surface area contributed by atoms with Gasteiger partial charge < -0.3 is 0 Å². The summed E-state index contributed by atoms with van der Waals surface area (Å²) in [5.41, 5.74) is 3.59. The summed E-state index contributed by atoms with van der Waals surface area (Å²) in [7, 11) is 0. The molecule has 0 saturated heterocycles. The van der Waals surface area contributed by atoms with Crippen LogP contribution >= 0.6 is 0 Å². The second-order valence-corrected chi connectivity index (χ2v) is 4.33. The molecule has 0 unspecified atom stereocenters. The van der Waals surface area contributed by atoms with Gasteiger partial charge in [-0.1, -0.05) is 30.3 Å². The third kappa shape index (κ3) is 2.40. The molecular weight excluding hydrogens is 230 g/mol. The summed E-state index contributed by atoms with van der Waals surface area (Å²) < 4.78 is 0. The third-order valence-electron chi connectivity index (χ3n) is 3.07. The van der Waals surface area contributed by atoms with Gasteiger partial charge in [0.05, 0.1) is 11.6 Å². The number of aromatic nitrogens is 2. The number of rotatable bonds is 4. The van der Waals surface area contributed by atoms with Crippen molar-refractivity contribution < 1.29 is 4.92 Å². The number of hydrogen-bond acceptors (Lipinski definition) is 3. The molecule has 0 amide bonds. The van der Waals surface area contributed by atoms with Crippen molar-refractivity contribution in [2.75, 3.05) is 6.54 Å². The van der Waals surface area contributed by atoms with Crippen LogP contribution in [0.2, 0.25) is 0 Å². The molecule has 0 saturated carbocycles. The highest BCUT2D eigenvalue weighted by atomic mass is 16.6. The van der Waals surface area contributed by atoms with Gasteiger partial charge in [-0.15, -0.1) is 0 Å². The van der Waals surface area contributed by atoms with E-state index in [1.165, 1.54) is 0 Å². The minimum absolute atomic E-state index is 0.120. The van der Waals surface area contributed by atoms with E-state index in [0.717, 1.165) is 22.5 Å². The zero-order valence-electron chi connectivity index (χ0n) is 10.4. The van der Waals surface area contributed by atoms with Crippen molar-refractivity contribution in [2.24, 2.45) is 0 Å². The van der Waals surface area contributed by atoms with E-state index in [1.54, 1.807) is 0 Å². The number of hydrogen-bond donors (Lipinski definition) is 1. The summed E-state index contributed by atoms with van der Waals surface area (Å²) in [4.78, 5) is 10.6. The van der Waals surface area contributed by atoms with Gasteiger partial charge >= 0.3 is 0 Å². The van der Waals surface area contributed by atoms with E-state index in [4.69, 9.17) is 0 Å². The first kappa shape index (κ1) is 12.3. The average Bonchev–Trinajstić information content (AvgIpc) is 2.67. The molecule has 0 spiro atoms. The molecule has 0 aliphatic heterocycles. The quantitative estimate of drug-likeness (QED) is 0.664. The van der Waals surface area contributed by atoms with Crippen LogP contribution in [0.3, 0.4) is 0 Å². The fourth-order valence-electron chi connectivity index (χ4n) is 2.27. The van der Waals surface area contributed by atoms with Crippen LogP contribution in [0.15, 0.2) is 30.3 Å². The second-order valence-electron chi connectivity index (χ2n) is 4.33. The molecule has 1 heterocycles. The Kier molecular flexibility index (Phi) is 3.41. The molecule has 2 rings (SSSR count). The number of aromatic amines is 1. The predicted octanol–water partition coefficient (Wildman–Crippen LogP) is 2.44. The van der Waals surface area contributed by atoms with Gasteiger partial charge in [-0.25, -0.2) is 0 Å². The summed E-state index contributed by atoms with van der Waals surface area (Å²) in [5.74, 6) is -0.250. The molecule has 5 heteroatoms. The van der Waals surface area contributed by atoms with Crippen molar-refractivity contribution in [2.45, 2.75) is 19.8 Å². The number of nitrogens with one attached hydrogen (secondary N) is 1. The Morgan fingerprint density at radius 1 is 1.33 bits per heavy atom. The fraction of sp³-hybridized carbons (Fsp3) is 0.308. The molecule has 2 aromatic rings. The van der Waals surface area contributed by atoms with Crippen molar-refractivity contribution in [3.8, 4) is 0 Å². The summed E-state index contributed by atoms with van der Waals surface area (Å²) in [6, 6.07) is 9.53. The van der Waals surface area contributed by atoms with Gasteiger partial charge in [0.25, 0.3) is 0 Å². The van der Waals surface area contributed by atoms with E-state index in [-0.39, 0.29) is 17.4 Å². The maximum Gasteiger partial charge on any atom is 0.214 e. The van der Waals surface area contributed by atoms with Crippen LogP contribution in [0.5, 0.6) is 0 Å². The van der Waals surface area contributed by atoms with Crippen LogP contribution in [-0.4, -0.2) is 21.7 Å². The van der Waals surface area contributed by atoms with E-state index in [1.807, 2.05) is 44.2 Å². The first-order valence-electron chi connectivity index (χ1n) is 5.77. The number of nitrogens with zero attached hydrogens (tertiary/aromatic N) is 2. The topological polar surface area (TPSA) is 71.8 Å². The third-order valence-corrected chi connectivity index (χ3v) is 3.07. The van der Waals surface area contributed by atoms with E-state index >= 15 is 0 Å². The normalized spacial score (nSPS) is 12.3. The van der Waals surface area contributed by atoms with Crippen molar-refractivity contribution in [1.82, 2.24) is 10.2 Å². The van der Waals surface area contributed by atoms with Gasteiger partial charge in [0, 0.05) is 16.2 Å². The summed E-state index contributed by atoms with van der Waals surface area (Å²) in [5, 5.41) is 17.9. The minimum atomic E-state index is -0.274. The van der Waals surface area contributed by atoms with Crippen LogP contribution in [0.1, 0.15) is 28.4 Å². The van der Waals surface area contributed by atoms with Crippen LogP contribution < -0.4 is 0 Å². The van der Waals surface area contributed by atoms with Crippen LogP contribution in [0, 0.1) is 24.0 Å². The Bertz CT molecular complexity index is 529. The molecule has 1 aromatic heterocycles. The highest BCUT2D eigenvalue weighted by Gasteiger charge is 2.25. The number of benzene rings is 1. The Hall–Kier alpha value is -2.17. The molecule has 18 heavy (non-hydrogen) atoms. The first-order chi connectivity index (χ1) is 8.59. The van der Waals surface area contributed by atoms with Gasteiger partial charge in [-0.2, -0.15) is 5.10 Å². The van der Waals surface area contributed by atoms with Crippen molar-refractivity contribution in [1.29, 1.82) is 0 Å². The Morgan fingerprint density at radius 2 is 2.00 bits per heavy atom. The maximum absolute atomic E-state index is 10.9. The number of H-pyrrole nitrogens is 1. The van der Waals surface area contributed by atoms with E-state index in [0.29, 0.717) is 0 Å². The molecule has 1 atom stereocenters. The lowest BCUT2D eigenvalue weighted by Crippen LogP contribution is -2.15. The molecule has 0 bridgehead atoms. The highest BCUT2D eigenvalue weighted by molar-refractivity contribution is 5.37. The maximum atomic E-state index is 10.9. The van der Waals surface area contributed by atoms with Crippen molar-refractivity contribution in [3.63, 3.8) is 0 Å². The molecule has 0 radical (unpaired) electrons. The highest BCUT2D eigenvalue weighted by Crippen LogP contribution is 2.28. The van der Waals surface area contributed by atoms with Crippen LogP contribution in [0.4, 0.5) is 0 Å². The Labute approximate surface area is 105 Å². The first-order valence-corrected chi connectivity index (χ1v) is 5.77. The number of aryl methyl sites for hydroxylation is 2. The van der Waals surface area contributed by atoms with E-state index < -0.39 is 0 Å². The lowest BCUT2D eigenvalue weighted by atomic mass is 9.90. The van der Waals surface area contributed by atoms with Gasteiger partial charge in [-0.05, 0) is 19.4 Å². The molecule has 94 valence electrons. The van der Waals surface area contributed by atoms with Crippen molar-refractivity contribution >= 4 is 0 Å². The van der Waals surface area contributed by atoms with Crippen molar-refractivity contribution in [3.05, 3.63) is 63.0 Å². The van der Waals surface area contributed by atoms with Gasteiger partial charge in [0.15, 0.2) is 0 Å². The SMILES string of the molecule is Cc1n[nH]c(C)c1[C@H](C[N+](=O)[O-])c1ccccc1. The molecule has 5 nitrogen and oxygen atoms in total. The standard InChI is InChI=1S/C13H15N3O2/c1-9-13(10(2)15-14-9)12(8-16(17)18)11-6-4-3-5-7-11/h3-7,12H,8H2,1-2H3,(H,14,15)/t12-/m1/s1. The van der Waals surface area contributed by atoms with Gasteiger partial charge in [0.1, 0.15) is 0 Å². The zero-order chi connectivity index (χ0) is 13.1. The predicted molar refractivity (Wildman–Crippen MR) is 68.2 cm³/mol.